The lowest BCUT2D eigenvalue weighted by atomic mass is 10.1. The molecule has 20 heavy (non-hydrogen) atoms. The van der Waals surface area contributed by atoms with Gasteiger partial charge in [-0.05, 0) is 29.8 Å². The maximum absolute atomic E-state index is 7.70. The Bertz CT molecular complexity index is 565. The molecule has 103 valence electrons. The topological polar surface area (TPSA) is 103 Å². The van der Waals surface area contributed by atoms with Crippen molar-refractivity contribution in [3.63, 3.8) is 0 Å². The molecule has 0 spiro atoms. The predicted octanol–water partition coefficient (Wildman–Crippen LogP) is 2.00. The molecule has 0 aliphatic rings. The highest BCUT2D eigenvalue weighted by Gasteiger charge is 2.15. The highest BCUT2D eigenvalue weighted by atomic mass is 15.2. The van der Waals surface area contributed by atoms with Gasteiger partial charge in [-0.15, -0.1) is 0 Å². The summed E-state index contributed by atoms with van der Waals surface area (Å²) in [6, 6.07) is 16.3. The zero-order chi connectivity index (χ0) is 14.5. The van der Waals surface area contributed by atoms with Crippen molar-refractivity contribution in [1.29, 1.82) is 5.41 Å². The molecule has 0 aliphatic heterocycles. The maximum Gasteiger partial charge on any atom is 0.193 e. The molecule has 0 saturated carbocycles. The molecular weight excluding hydrogens is 250 g/mol. The summed E-state index contributed by atoms with van der Waals surface area (Å²) in [4.78, 5) is 1.67. The Morgan fingerprint density at radius 1 is 1.05 bits per heavy atom. The average Bonchev–Trinajstić information content (AvgIpc) is 2.46. The van der Waals surface area contributed by atoms with Crippen molar-refractivity contribution in [3.05, 3.63) is 60.2 Å². The minimum Gasteiger partial charge on any atom is -0.370 e. The summed E-state index contributed by atoms with van der Waals surface area (Å²) in [5, 5.41) is 7.70. The van der Waals surface area contributed by atoms with Crippen LogP contribution < -0.4 is 22.1 Å². The van der Waals surface area contributed by atoms with Gasteiger partial charge < -0.3 is 22.1 Å². The molecule has 0 heterocycles. The first-order valence-electron chi connectivity index (χ1n) is 6.31. The minimum atomic E-state index is -0.278. The lowest BCUT2D eigenvalue weighted by molar-refractivity contribution is 0.725. The summed E-state index contributed by atoms with van der Waals surface area (Å²) in [5.74, 6) is -0.0382. The average molecular weight is 268 g/mol. The van der Waals surface area contributed by atoms with Gasteiger partial charge in [0.2, 0.25) is 0 Å². The van der Waals surface area contributed by atoms with Gasteiger partial charge in [-0.25, -0.2) is 0 Å². The molecule has 1 unspecified atom stereocenters. The van der Waals surface area contributed by atoms with E-state index in [9.17, 15) is 0 Å². The third-order valence-corrected chi connectivity index (χ3v) is 3.08. The molecule has 0 aromatic heterocycles. The van der Waals surface area contributed by atoms with Crippen LogP contribution in [0, 0.1) is 5.41 Å². The van der Waals surface area contributed by atoms with Crippen molar-refractivity contribution < 1.29 is 0 Å². The largest absolute Gasteiger partial charge is 0.370 e. The van der Waals surface area contributed by atoms with Crippen molar-refractivity contribution in [3.8, 4) is 0 Å². The summed E-state index contributed by atoms with van der Waals surface area (Å²) in [6.45, 7) is 0.413. The van der Waals surface area contributed by atoms with Crippen LogP contribution in [0.5, 0.6) is 0 Å². The zero-order valence-electron chi connectivity index (χ0n) is 11.1. The fraction of sp³-hybridized carbons (Fsp3) is 0.133. The van der Waals surface area contributed by atoms with Crippen LogP contribution in [-0.4, -0.2) is 12.5 Å². The third kappa shape index (κ3) is 3.27. The van der Waals surface area contributed by atoms with E-state index in [0.29, 0.717) is 12.2 Å². The van der Waals surface area contributed by atoms with E-state index in [1.165, 1.54) is 0 Å². The van der Waals surface area contributed by atoms with Gasteiger partial charge in [-0.2, -0.15) is 0 Å². The predicted molar refractivity (Wildman–Crippen MR) is 81.8 cm³/mol. The number of nitrogens with one attached hydrogen (secondary N) is 2. The quantitative estimate of drug-likeness (QED) is 0.583. The van der Waals surface area contributed by atoms with Crippen LogP contribution in [0.3, 0.4) is 0 Å². The van der Waals surface area contributed by atoms with Crippen LogP contribution in [-0.2, 0) is 0 Å². The summed E-state index contributed by atoms with van der Waals surface area (Å²) >= 11 is 0. The van der Waals surface area contributed by atoms with Crippen LogP contribution in [0.2, 0.25) is 0 Å². The number of para-hydroxylation sites is 1. The van der Waals surface area contributed by atoms with Crippen molar-refractivity contribution in [2.24, 2.45) is 11.5 Å². The Kier molecular flexibility index (Phi) is 4.22. The Morgan fingerprint density at radius 3 is 2.20 bits per heavy atom. The normalized spacial score (nSPS) is 11.8. The Morgan fingerprint density at radius 2 is 1.65 bits per heavy atom. The summed E-state index contributed by atoms with van der Waals surface area (Å²) in [6.07, 6.45) is 0. The standard InChI is InChI=1S/C15H18N5/c16-12-8-6-11(7-9-12)14(17)10-20(15(18)19)13-4-2-1-3-5-13/h1-9,14,16H,10,17H2,(H3,18,19). The van der Waals surface area contributed by atoms with E-state index >= 15 is 0 Å². The van der Waals surface area contributed by atoms with E-state index in [2.05, 4.69) is 0 Å². The first kappa shape index (κ1) is 13.9. The fourth-order valence-corrected chi connectivity index (χ4v) is 1.98. The second kappa shape index (κ2) is 6.08. The number of nitrogens with two attached hydrogens (primary N) is 2. The minimum absolute atomic E-state index is 0.0382. The van der Waals surface area contributed by atoms with Gasteiger partial charge in [-0.3, -0.25) is 5.41 Å². The van der Waals surface area contributed by atoms with Gasteiger partial charge in [0.15, 0.2) is 5.96 Å². The van der Waals surface area contributed by atoms with Crippen LogP contribution in [0.1, 0.15) is 11.6 Å². The number of hydrogen-bond acceptors (Lipinski definition) is 2. The second-order valence-electron chi connectivity index (χ2n) is 4.56. The molecule has 2 aromatic carbocycles. The molecule has 0 aliphatic carbocycles. The van der Waals surface area contributed by atoms with Gasteiger partial charge in [0, 0.05) is 18.3 Å². The van der Waals surface area contributed by atoms with Gasteiger partial charge in [0.1, 0.15) is 0 Å². The van der Waals surface area contributed by atoms with E-state index in [1.54, 1.807) is 17.0 Å². The Balaban J connectivity index is 2.16. The number of hydrogen-bond donors (Lipinski definition) is 3. The number of anilines is 1. The molecule has 0 bridgehead atoms. The highest BCUT2D eigenvalue weighted by molar-refractivity contribution is 5.92. The van der Waals surface area contributed by atoms with Gasteiger partial charge in [-0.1, -0.05) is 30.3 Å². The first-order chi connectivity index (χ1) is 9.58. The first-order valence-corrected chi connectivity index (χ1v) is 6.31. The molecule has 2 aromatic rings. The molecule has 1 radical (unpaired) electrons. The molecule has 5 nitrogen and oxygen atoms in total. The van der Waals surface area contributed by atoms with Gasteiger partial charge in [0.05, 0.1) is 5.69 Å². The molecule has 0 amide bonds. The molecular formula is C15H18N5. The number of nitrogens with zero attached hydrogens (tertiary/aromatic N) is 1. The molecule has 2 rings (SSSR count). The Labute approximate surface area is 118 Å². The van der Waals surface area contributed by atoms with E-state index in [-0.39, 0.29) is 12.0 Å². The lowest BCUT2D eigenvalue weighted by Gasteiger charge is -2.26. The lowest BCUT2D eigenvalue weighted by Crippen LogP contribution is -2.41. The summed E-state index contributed by atoms with van der Waals surface area (Å²) < 4.78 is 0. The fourth-order valence-electron chi connectivity index (χ4n) is 1.98. The maximum atomic E-state index is 7.70. The van der Waals surface area contributed by atoms with Crippen molar-refractivity contribution in [2.75, 3.05) is 11.4 Å². The van der Waals surface area contributed by atoms with Gasteiger partial charge in [0.25, 0.3) is 0 Å². The molecule has 5 heteroatoms. The van der Waals surface area contributed by atoms with Crippen LogP contribution in [0.25, 0.3) is 0 Å². The Hall–Kier alpha value is -2.53. The molecule has 0 saturated heterocycles. The van der Waals surface area contributed by atoms with E-state index in [1.807, 2.05) is 42.5 Å². The number of benzene rings is 2. The summed E-state index contributed by atoms with van der Waals surface area (Å²) in [5.41, 5.74) is 21.5. The molecule has 0 fully saturated rings. The third-order valence-electron chi connectivity index (χ3n) is 3.08. The van der Waals surface area contributed by atoms with E-state index in [0.717, 1.165) is 11.3 Å². The highest BCUT2D eigenvalue weighted by Crippen LogP contribution is 2.19. The van der Waals surface area contributed by atoms with E-state index in [4.69, 9.17) is 22.6 Å². The van der Waals surface area contributed by atoms with Crippen molar-refractivity contribution >= 4 is 17.3 Å². The molecule has 6 N–H and O–H groups in total. The van der Waals surface area contributed by atoms with E-state index < -0.39 is 0 Å². The van der Waals surface area contributed by atoms with Crippen LogP contribution >= 0.6 is 0 Å². The summed E-state index contributed by atoms with van der Waals surface area (Å²) in [7, 11) is 0. The van der Waals surface area contributed by atoms with Crippen molar-refractivity contribution in [2.45, 2.75) is 6.04 Å². The zero-order valence-corrected chi connectivity index (χ0v) is 11.1. The van der Waals surface area contributed by atoms with Crippen LogP contribution in [0.15, 0.2) is 54.6 Å². The van der Waals surface area contributed by atoms with Crippen LogP contribution in [0.4, 0.5) is 11.4 Å². The van der Waals surface area contributed by atoms with Gasteiger partial charge >= 0.3 is 0 Å². The second-order valence-corrected chi connectivity index (χ2v) is 4.56. The smallest absolute Gasteiger partial charge is 0.193 e. The SMILES string of the molecule is [NH]c1ccc(C(N)CN(C(=N)N)c2ccccc2)cc1. The monoisotopic (exact) mass is 268 g/mol. The number of guanidine groups is 1. The number of rotatable bonds is 4. The molecule has 1 atom stereocenters. The van der Waals surface area contributed by atoms with Crippen molar-refractivity contribution in [1.82, 2.24) is 5.73 Å².